The molecule has 0 saturated carbocycles. The lowest BCUT2D eigenvalue weighted by molar-refractivity contribution is 0.335. The van der Waals surface area contributed by atoms with E-state index in [1.807, 2.05) is 0 Å². The second-order valence-corrected chi connectivity index (χ2v) is 8.15. The van der Waals surface area contributed by atoms with Crippen molar-refractivity contribution in [2.75, 3.05) is 28.4 Å². The Kier molecular flexibility index (Phi) is 6.22. The van der Waals surface area contributed by atoms with Gasteiger partial charge in [0.15, 0.2) is 11.5 Å². The molecule has 0 amide bonds. The van der Waals surface area contributed by atoms with Gasteiger partial charge in [0.25, 0.3) is 0 Å². The highest BCUT2D eigenvalue weighted by molar-refractivity contribution is 7.89. The van der Waals surface area contributed by atoms with Crippen molar-refractivity contribution in [1.82, 2.24) is 14.4 Å². The largest absolute Gasteiger partial charge is 0.495 e. The third-order valence-corrected chi connectivity index (χ3v) is 6.11. The normalized spacial score (nSPS) is 11.5. The summed E-state index contributed by atoms with van der Waals surface area (Å²) in [6, 6.07) is 8.34. The van der Waals surface area contributed by atoms with Crippen molar-refractivity contribution in [3.8, 4) is 28.6 Å². The molecule has 1 aromatic heterocycles. The monoisotopic (exact) mass is 437 g/mol. The van der Waals surface area contributed by atoms with Crippen LogP contribution in [0.1, 0.15) is 5.89 Å². The number of methoxy groups -OCH3 is 3. The number of rotatable bonds is 8. The van der Waals surface area contributed by atoms with Crippen LogP contribution in [0.5, 0.6) is 17.2 Å². The minimum atomic E-state index is -4.07. The Hall–Kier alpha value is -3.18. The van der Waals surface area contributed by atoms with Gasteiger partial charge in [-0.2, -0.15) is 9.29 Å². The van der Waals surface area contributed by atoms with Gasteiger partial charge in [0.05, 0.1) is 27.9 Å². The van der Waals surface area contributed by atoms with Crippen molar-refractivity contribution in [3.05, 3.63) is 48.1 Å². The SMILES string of the molecule is COc1ccc(-c2noc(CN(C)S(=O)(=O)c3cc(F)ccc3OC)n2)cc1OC. The molecule has 3 rings (SSSR count). The van der Waals surface area contributed by atoms with Crippen LogP contribution < -0.4 is 14.2 Å². The van der Waals surface area contributed by atoms with E-state index in [4.69, 9.17) is 18.7 Å². The molecule has 0 saturated heterocycles. The third kappa shape index (κ3) is 4.21. The maximum atomic E-state index is 13.6. The molecule has 0 fully saturated rings. The van der Waals surface area contributed by atoms with Crippen LogP contribution in [-0.2, 0) is 16.6 Å². The predicted octanol–water partition coefficient (Wildman–Crippen LogP) is 2.72. The van der Waals surface area contributed by atoms with E-state index in [0.717, 1.165) is 16.4 Å². The van der Waals surface area contributed by atoms with Gasteiger partial charge in [0, 0.05) is 12.6 Å². The van der Waals surface area contributed by atoms with Gasteiger partial charge in [0.1, 0.15) is 16.5 Å². The van der Waals surface area contributed by atoms with Gasteiger partial charge in [-0.25, -0.2) is 12.8 Å². The summed E-state index contributed by atoms with van der Waals surface area (Å²) in [5.41, 5.74) is 0.597. The summed E-state index contributed by atoms with van der Waals surface area (Å²) in [5.74, 6) is 0.663. The summed E-state index contributed by atoms with van der Waals surface area (Å²) in [5, 5.41) is 3.88. The fourth-order valence-corrected chi connectivity index (χ4v) is 3.99. The van der Waals surface area contributed by atoms with Gasteiger partial charge in [0.2, 0.25) is 21.7 Å². The molecular formula is C19H20FN3O6S. The number of hydrogen-bond acceptors (Lipinski definition) is 8. The van der Waals surface area contributed by atoms with Crippen molar-refractivity contribution < 1.29 is 31.5 Å². The highest BCUT2D eigenvalue weighted by Gasteiger charge is 2.27. The summed E-state index contributed by atoms with van der Waals surface area (Å²) in [6.45, 7) is -0.220. The molecule has 9 nitrogen and oxygen atoms in total. The second-order valence-electron chi connectivity index (χ2n) is 6.14. The second kappa shape index (κ2) is 8.67. The molecule has 30 heavy (non-hydrogen) atoms. The summed E-state index contributed by atoms with van der Waals surface area (Å²) in [6.07, 6.45) is 0. The molecule has 0 radical (unpaired) electrons. The molecule has 2 aromatic carbocycles. The van der Waals surface area contributed by atoms with E-state index in [0.29, 0.717) is 17.1 Å². The molecule has 0 bridgehead atoms. The molecule has 0 spiro atoms. The van der Waals surface area contributed by atoms with Crippen LogP contribution >= 0.6 is 0 Å². The molecular weight excluding hydrogens is 417 g/mol. The lowest BCUT2D eigenvalue weighted by Crippen LogP contribution is -2.27. The first-order chi connectivity index (χ1) is 14.3. The number of nitrogens with zero attached hydrogens (tertiary/aromatic N) is 3. The zero-order chi connectivity index (χ0) is 21.9. The molecule has 3 aromatic rings. The van der Waals surface area contributed by atoms with Crippen LogP contribution in [0.4, 0.5) is 4.39 Å². The molecule has 0 aliphatic rings. The fraction of sp³-hybridized carbons (Fsp3) is 0.263. The van der Waals surface area contributed by atoms with Crippen molar-refractivity contribution in [3.63, 3.8) is 0 Å². The molecule has 160 valence electrons. The summed E-state index contributed by atoms with van der Waals surface area (Å²) < 4.78 is 61.0. The van der Waals surface area contributed by atoms with Crippen LogP contribution in [0.2, 0.25) is 0 Å². The quantitative estimate of drug-likeness (QED) is 0.530. The molecule has 0 atom stereocenters. The number of hydrogen-bond donors (Lipinski definition) is 0. The zero-order valence-electron chi connectivity index (χ0n) is 16.7. The van der Waals surface area contributed by atoms with Crippen LogP contribution in [0.25, 0.3) is 11.4 Å². The average molecular weight is 437 g/mol. The fourth-order valence-electron chi connectivity index (χ4n) is 2.71. The molecule has 0 aliphatic carbocycles. The average Bonchev–Trinajstić information content (AvgIpc) is 3.21. The van der Waals surface area contributed by atoms with E-state index < -0.39 is 15.8 Å². The number of aromatic nitrogens is 2. The van der Waals surface area contributed by atoms with Crippen molar-refractivity contribution in [1.29, 1.82) is 0 Å². The highest BCUT2D eigenvalue weighted by atomic mass is 32.2. The van der Waals surface area contributed by atoms with Crippen molar-refractivity contribution >= 4 is 10.0 Å². The first-order valence-corrected chi connectivity index (χ1v) is 10.1. The standard InChI is InChI=1S/C19H20FN3O6S/c1-23(30(24,25)17-10-13(20)6-8-15(17)27-3)11-18-21-19(22-29-18)12-5-7-14(26-2)16(9-12)28-4/h5-10H,11H2,1-4H3. The third-order valence-electron chi connectivity index (χ3n) is 4.28. The van der Waals surface area contributed by atoms with Crippen LogP contribution in [0.15, 0.2) is 45.8 Å². The number of sulfonamides is 1. The number of ether oxygens (including phenoxy) is 3. The first-order valence-electron chi connectivity index (χ1n) is 8.65. The Morgan fingerprint density at radius 3 is 2.33 bits per heavy atom. The van der Waals surface area contributed by atoms with E-state index in [-0.39, 0.29) is 28.9 Å². The highest BCUT2D eigenvalue weighted by Crippen LogP contribution is 2.31. The zero-order valence-corrected chi connectivity index (χ0v) is 17.6. The Morgan fingerprint density at radius 2 is 1.67 bits per heavy atom. The summed E-state index contributed by atoms with van der Waals surface area (Å²) in [4.78, 5) is 3.93. The van der Waals surface area contributed by atoms with E-state index in [1.54, 1.807) is 18.2 Å². The van der Waals surface area contributed by atoms with E-state index >= 15 is 0 Å². The maximum absolute atomic E-state index is 13.6. The van der Waals surface area contributed by atoms with Crippen molar-refractivity contribution in [2.24, 2.45) is 0 Å². The van der Waals surface area contributed by atoms with E-state index in [9.17, 15) is 12.8 Å². The molecule has 0 aliphatic heterocycles. The van der Waals surface area contributed by atoms with Gasteiger partial charge in [-0.15, -0.1) is 0 Å². The molecule has 0 unspecified atom stereocenters. The van der Waals surface area contributed by atoms with Crippen LogP contribution in [0, 0.1) is 5.82 Å². The van der Waals surface area contributed by atoms with Crippen LogP contribution in [-0.4, -0.2) is 51.2 Å². The Labute approximate surface area is 173 Å². The van der Waals surface area contributed by atoms with Gasteiger partial charge in [-0.1, -0.05) is 5.16 Å². The minimum Gasteiger partial charge on any atom is -0.495 e. The van der Waals surface area contributed by atoms with Crippen LogP contribution in [0.3, 0.4) is 0 Å². The number of halogens is 1. The van der Waals surface area contributed by atoms with Gasteiger partial charge >= 0.3 is 0 Å². The minimum absolute atomic E-state index is 0.0276. The number of benzene rings is 2. The summed E-state index contributed by atoms with van der Waals surface area (Å²) >= 11 is 0. The predicted molar refractivity (Wildman–Crippen MR) is 104 cm³/mol. The molecule has 1 heterocycles. The topological polar surface area (TPSA) is 104 Å². The molecule has 11 heteroatoms. The Bertz CT molecular complexity index is 1150. The Morgan fingerprint density at radius 1 is 1.00 bits per heavy atom. The smallest absolute Gasteiger partial charge is 0.247 e. The van der Waals surface area contributed by atoms with E-state index in [2.05, 4.69) is 10.1 Å². The lowest BCUT2D eigenvalue weighted by atomic mass is 10.2. The van der Waals surface area contributed by atoms with E-state index in [1.165, 1.54) is 34.4 Å². The maximum Gasteiger partial charge on any atom is 0.247 e. The first kappa shape index (κ1) is 21.5. The Balaban J connectivity index is 1.85. The molecule has 0 N–H and O–H groups in total. The van der Waals surface area contributed by atoms with Gasteiger partial charge in [-0.3, -0.25) is 0 Å². The van der Waals surface area contributed by atoms with Gasteiger partial charge < -0.3 is 18.7 Å². The lowest BCUT2D eigenvalue weighted by Gasteiger charge is -2.17. The van der Waals surface area contributed by atoms with Gasteiger partial charge in [-0.05, 0) is 36.4 Å². The van der Waals surface area contributed by atoms with Crippen molar-refractivity contribution in [2.45, 2.75) is 11.4 Å². The summed E-state index contributed by atoms with van der Waals surface area (Å²) in [7, 11) is 1.58.